The lowest BCUT2D eigenvalue weighted by Gasteiger charge is -2.11. The Morgan fingerprint density at radius 2 is 2.06 bits per heavy atom. The molecule has 0 unspecified atom stereocenters. The van der Waals surface area contributed by atoms with E-state index in [1.807, 2.05) is 0 Å². The maximum absolute atomic E-state index is 12.1. The summed E-state index contributed by atoms with van der Waals surface area (Å²) in [6, 6.07) is 3.59. The number of hydrogen-bond acceptors (Lipinski definition) is 4. The Bertz CT molecular complexity index is 513. The first kappa shape index (κ1) is 11.7. The molecule has 0 N–H and O–H groups in total. The van der Waals surface area contributed by atoms with Gasteiger partial charge in [-0.05, 0) is 18.2 Å². The second-order valence-electron chi connectivity index (χ2n) is 2.93. The van der Waals surface area contributed by atoms with E-state index in [1.165, 1.54) is 12.1 Å². The largest absolute Gasteiger partial charge is 0.573 e. The average Bonchev–Trinajstić information content (AvgIpc) is 2.71. The lowest BCUT2D eigenvalue weighted by Crippen LogP contribution is -2.17. The first-order chi connectivity index (χ1) is 7.96. The maximum Gasteiger partial charge on any atom is 0.573 e. The molecule has 0 saturated carbocycles. The highest BCUT2D eigenvalue weighted by atomic mass is 35.5. The number of hydrogen-bond donors (Lipinski definition) is 0. The average molecular weight is 265 g/mol. The van der Waals surface area contributed by atoms with Crippen molar-refractivity contribution in [2.75, 3.05) is 0 Å². The third kappa shape index (κ3) is 2.88. The highest BCUT2D eigenvalue weighted by Gasteiger charge is 2.32. The van der Waals surface area contributed by atoms with E-state index in [-0.39, 0.29) is 16.5 Å². The summed E-state index contributed by atoms with van der Waals surface area (Å²) in [4.78, 5) is 0. The molecule has 1 aromatic carbocycles. The lowest BCUT2D eigenvalue weighted by atomic mass is 10.2. The summed E-state index contributed by atoms with van der Waals surface area (Å²) < 4.78 is 45.1. The van der Waals surface area contributed by atoms with Gasteiger partial charge in [-0.15, -0.1) is 23.4 Å². The molecule has 0 amide bonds. The van der Waals surface area contributed by atoms with E-state index in [0.717, 1.165) is 12.5 Å². The Hall–Kier alpha value is -1.76. The molecular weight excluding hydrogens is 261 g/mol. The van der Waals surface area contributed by atoms with Gasteiger partial charge in [0.15, 0.2) is 0 Å². The van der Waals surface area contributed by atoms with Crippen molar-refractivity contribution < 1.29 is 22.3 Å². The van der Waals surface area contributed by atoms with Crippen LogP contribution in [0.2, 0.25) is 5.02 Å². The highest BCUT2D eigenvalue weighted by molar-refractivity contribution is 6.30. The van der Waals surface area contributed by atoms with Crippen molar-refractivity contribution in [1.82, 2.24) is 10.2 Å². The van der Waals surface area contributed by atoms with Gasteiger partial charge in [-0.25, -0.2) is 0 Å². The molecule has 0 aliphatic carbocycles. The fourth-order valence-corrected chi connectivity index (χ4v) is 1.35. The quantitative estimate of drug-likeness (QED) is 0.835. The molecule has 0 aliphatic heterocycles. The summed E-state index contributed by atoms with van der Waals surface area (Å²) >= 11 is 5.68. The second-order valence-corrected chi connectivity index (χ2v) is 3.37. The van der Waals surface area contributed by atoms with Crippen LogP contribution in [0.4, 0.5) is 13.2 Å². The van der Waals surface area contributed by atoms with Crippen molar-refractivity contribution in [2.24, 2.45) is 0 Å². The highest BCUT2D eigenvalue weighted by Crippen LogP contribution is 2.34. The Morgan fingerprint density at radius 1 is 1.29 bits per heavy atom. The van der Waals surface area contributed by atoms with Gasteiger partial charge < -0.3 is 9.15 Å². The Morgan fingerprint density at radius 3 is 2.65 bits per heavy atom. The van der Waals surface area contributed by atoms with E-state index in [0.29, 0.717) is 0 Å². The van der Waals surface area contributed by atoms with Crippen LogP contribution in [0, 0.1) is 0 Å². The van der Waals surface area contributed by atoms with Gasteiger partial charge in [0.2, 0.25) is 6.39 Å². The van der Waals surface area contributed by atoms with Crippen LogP contribution in [0.5, 0.6) is 5.75 Å². The molecule has 2 rings (SSSR count). The molecule has 17 heavy (non-hydrogen) atoms. The number of benzene rings is 1. The zero-order chi connectivity index (χ0) is 12.5. The molecule has 0 aliphatic rings. The third-order valence-electron chi connectivity index (χ3n) is 1.76. The number of aromatic nitrogens is 2. The fourth-order valence-electron chi connectivity index (χ4n) is 1.17. The van der Waals surface area contributed by atoms with E-state index in [4.69, 9.17) is 16.0 Å². The molecule has 4 nitrogen and oxygen atoms in total. The van der Waals surface area contributed by atoms with Gasteiger partial charge in [0.05, 0.1) is 5.56 Å². The van der Waals surface area contributed by atoms with Crippen LogP contribution in [-0.4, -0.2) is 16.6 Å². The minimum absolute atomic E-state index is 0.0210. The van der Waals surface area contributed by atoms with Gasteiger partial charge in [-0.1, -0.05) is 11.6 Å². The number of nitrogens with zero attached hydrogens (tertiary/aromatic N) is 2. The van der Waals surface area contributed by atoms with E-state index >= 15 is 0 Å². The molecule has 90 valence electrons. The van der Waals surface area contributed by atoms with Gasteiger partial charge in [-0.3, -0.25) is 0 Å². The van der Waals surface area contributed by atoms with Crippen molar-refractivity contribution in [3.05, 3.63) is 29.6 Å². The zero-order valence-corrected chi connectivity index (χ0v) is 8.79. The SMILES string of the molecule is FC(F)(F)Oc1ccc(Cl)cc1-c1nnco1. The molecule has 0 spiro atoms. The molecule has 0 atom stereocenters. The van der Waals surface area contributed by atoms with Crippen LogP contribution in [0.25, 0.3) is 11.5 Å². The molecule has 0 saturated heterocycles. The molecule has 0 radical (unpaired) electrons. The maximum atomic E-state index is 12.1. The number of rotatable bonds is 2. The Kier molecular flexibility index (Phi) is 2.93. The monoisotopic (exact) mass is 264 g/mol. The summed E-state index contributed by atoms with van der Waals surface area (Å²) in [7, 11) is 0. The number of ether oxygens (including phenoxy) is 1. The van der Waals surface area contributed by atoms with Crippen LogP contribution in [0.3, 0.4) is 0 Å². The summed E-state index contributed by atoms with van der Waals surface area (Å²) in [5.74, 6) is -0.557. The minimum atomic E-state index is -4.80. The molecular formula is C9H4ClF3N2O2. The standard InChI is InChI=1S/C9H4ClF3N2O2/c10-5-1-2-7(17-9(11,12)13)6(3-5)8-15-14-4-16-8/h1-4H. The van der Waals surface area contributed by atoms with E-state index in [9.17, 15) is 13.2 Å². The number of alkyl halides is 3. The van der Waals surface area contributed by atoms with Crippen molar-refractivity contribution in [1.29, 1.82) is 0 Å². The van der Waals surface area contributed by atoms with Gasteiger partial charge in [0, 0.05) is 5.02 Å². The summed E-state index contributed by atoms with van der Waals surface area (Å²) in [5.41, 5.74) is -0.0210. The van der Waals surface area contributed by atoms with Crippen molar-refractivity contribution in [3.8, 4) is 17.2 Å². The topological polar surface area (TPSA) is 48.2 Å². The molecule has 1 aromatic heterocycles. The molecule has 2 aromatic rings. The van der Waals surface area contributed by atoms with Crippen molar-refractivity contribution in [2.45, 2.75) is 6.36 Å². The van der Waals surface area contributed by atoms with Crippen LogP contribution in [0.1, 0.15) is 0 Å². The normalized spacial score (nSPS) is 11.5. The predicted octanol–water partition coefficient (Wildman–Crippen LogP) is 3.29. The Balaban J connectivity index is 2.45. The number of halogens is 4. The summed E-state index contributed by atoms with van der Waals surface area (Å²) in [6.45, 7) is 0. The molecule has 0 bridgehead atoms. The zero-order valence-electron chi connectivity index (χ0n) is 8.03. The van der Waals surface area contributed by atoms with Crippen molar-refractivity contribution in [3.63, 3.8) is 0 Å². The van der Waals surface area contributed by atoms with Gasteiger partial charge in [-0.2, -0.15) is 0 Å². The fraction of sp³-hybridized carbons (Fsp3) is 0.111. The third-order valence-corrected chi connectivity index (χ3v) is 1.99. The van der Waals surface area contributed by atoms with Crippen LogP contribution < -0.4 is 4.74 Å². The van der Waals surface area contributed by atoms with E-state index in [1.54, 1.807) is 0 Å². The smallest absolute Gasteiger partial charge is 0.423 e. The van der Waals surface area contributed by atoms with Crippen LogP contribution in [0.15, 0.2) is 29.0 Å². The molecule has 8 heteroatoms. The predicted molar refractivity (Wildman–Crippen MR) is 51.4 cm³/mol. The molecule has 0 fully saturated rings. The van der Waals surface area contributed by atoms with E-state index < -0.39 is 12.1 Å². The van der Waals surface area contributed by atoms with E-state index in [2.05, 4.69) is 14.9 Å². The van der Waals surface area contributed by atoms with Crippen LogP contribution >= 0.6 is 11.6 Å². The molecule has 1 heterocycles. The summed E-state index contributed by atoms with van der Waals surface area (Å²) in [6.07, 6.45) is -3.81. The summed E-state index contributed by atoms with van der Waals surface area (Å²) in [5, 5.41) is 7.09. The minimum Gasteiger partial charge on any atom is -0.423 e. The second kappa shape index (κ2) is 4.25. The lowest BCUT2D eigenvalue weighted by molar-refractivity contribution is -0.274. The Labute approximate surface area is 98.0 Å². The first-order valence-electron chi connectivity index (χ1n) is 4.27. The van der Waals surface area contributed by atoms with Gasteiger partial charge >= 0.3 is 6.36 Å². The van der Waals surface area contributed by atoms with Gasteiger partial charge in [0.25, 0.3) is 5.89 Å². The van der Waals surface area contributed by atoms with Gasteiger partial charge in [0.1, 0.15) is 5.75 Å². The first-order valence-corrected chi connectivity index (χ1v) is 4.65. The van der Waals surface area contributed by atoms with Crippen LogP contribution in [-0.2, 0) is 0 Å². The van der Waals surface area contributed by atoms with Crippen molar-refractivity contribution >= 4 is 11.6 Å².